The van der Waals surface area contributed by atoms with Crippen LogP contribution in [0.4, 0.5) is 0 Å². The fraction of sp³-hybridized carbons (Fsp3) is 0.0714. The number of benzene rings is 1. The van der Waals surface area contributed by atoms with Gasteiger partial charge in [-0.1, -0.05) is 24.3 Å². The number of nitrogens with zero attached hydrogens (tertiary/aromatic N) is 1. The Morgan fingerprint density at radius 1 is 1.07 bits per heavy atom. The van der Waals surface area contributed by atoms with Crippen molar-refractivity contribution in [2.75, 3.05) is 0 Å². The molecule has 2 aromatic rings. The maximum absolute atomic E-state index is 3.81. The summed E-state index contributed by atoms with van der Waals surface area (Å²) in [6, 6.07) is 14.5. The third-order valence-electron chi connectivity index (χ3n) is 2.41. The SMILES string of the molecule is C=Cc1cccc[n+]1-c1ccc(C)cc1. The molecule has 15 heavy (non-hydrogen) atoms. The maximum Gasteiger partial charge on any atom is 0.211 e. The lowest BCUT2D eigenvalue weighted by Crippen LogP contribution is -2.33. The molecule has 0 amide bonds. The topological polar surface area (TPSA) is 3.88 Å². The highest BCUT2D eigenvalue weighted by Crippen LogP contribution is 2.04. The van der Waals surface area contributed by atoms with Crippen LogP contribution in [0.2, 0.25) is 0 Å². The Morgan fingerprint density at radius 3 is 2.47 bits per heavy atom. The van der Waals surface area contributed by atoms with Crippen LogP contribution in [0.25, 0.3) is 11.8 Å². The number of hydrogen-bond donors (Lipinski definition) is 0. The summed E-state index contributed by atoms with van der Waals surface area (Å²) >= 11 is 0. The van der Waals surface area contributed by atoms with Crippen molar-refractivity contribution in [1.82, 2.24) is 0 Å². The lowest BCUT2D eigenvalue weighted by Gasteiger charge is -1.99. The van der Waals surface area contributed by atoms with Gasteiger partial charge in [0, 0.05) is 30.3 Å². The average Bonchev–Trinajstić information content (AvgIpc) is 2.30. The second kappa shape index (κ2) is 4.09. The van der Waals surface area contributed by atoms with E-state index in [0.29, 0.717) is 0 Å². The molecule has 1 nitrogen and oxygen atoms in total. The zero-order valence-electron chi connectivity index (χ0n) is 8.85. The summed E-state index contributed by atoms with van der Waals surface area (Å²) < 4.78 is 2.12. The molecule has 1 aromatic carbocycles. The van der Waals surface area contributed by atoms with E-state index >= 15 is 0 Å². The maximum atomic E-state index is 3.81. The molecule has 0 spiro atoms. The van der Waals surface area contributed by atoms with E-state index in [1.807, 2.05) is 30.5 Å². The lowest BCUT2D eigenvalue weighted by molar-refractivity contribution is -0.597. The van der Waals surface area contributed by atoms with E-state index in [1.54, 1.807) is 0 Å². The highest BCUT2D eigenvalue weighted by Gasteiger charge is 2.08. The van der Waals surface area contributed by atoms with Gasteiger partial charge in [0.15, 0.2) is 6.20 Å². The highest BCUT2D eigenvalue weighted by molar-refractivity contribution is 5.39. The minimum Gasteiger partial charge on any atom is -0.161 e. The van der Waals surface area contributed by atoms with Crippen molar-refractivity contribution in [3.05, 3.63) is 66.5 Å². The van der Waals surface area contributed by atoms with E-state index in [1.165, 1.54) is 5.56 Å². The fourth-order valence-electron chi connectivity index (χ4n) is 1.56. The molecule has 1 aromatic heterocycles. The number of hydrogen-bond acceptors (Lipinski definition) is 0. The molecule has 0 aliphatic heterocycles. The smallest absolute Gasteiger partial charge is 0.161 e. The van der Waals surface area contributed by atoms with Crippen LogP contribution in [0.3, 0.4) is 0 Å². The summed E-state index contributed by atoms with van der Waals surface area (Å²) in [6.07, 6.45) is 3.90. The summed E-state index contributed by atoms with van der Waals surface area (Å²) in [5, 5.41) is 0. The van der Waals surface area contributed by atoms with Gasteiger partial charge < -0.3 is 0 Å². The van der Waals surface area contributed by atoms with Crippen LogP contribution in [0.1, 0.15) is 11.3 Å². The van der Waals surface area contributed by atoms with Gasteiger partial charge >= 0.3 is 0 Å². The predicted molar refractivity (Wildman–Crippen MR) is 62.8 cm³/mol. The molecular formula is C14H14N+. The summed E-state index contributed by atoms with van der Waals surface area (Å²) in [4.78, 5) is 0. The van der Waals surface area contributed by atoms with E-state index in [4.69, 9.17) is 0 Å². The largest absolute Gasteiger partial charge is 0.211 e. The molecule has 1 heterocycles. The summed E-state index contributed by atoms with van der Waals surface area (Å²) in [7, 11) is 0. The quantitative estimate of drug-likeness (QED) is 0.650. The standard InChI is InChI=1S/C14H14N/c1-3-13-6-4-5-11-15(13)14-9-7-12(2)8-10-14/h3-11H,1H2,2H3/q+1. The van der Waals surface area contributed by atoms with E-state index in [2.05, 4.69) is 42.3 Å². The number of pyridine rings is 1. The first-order valence-corrected chi connectivity index (χ1v) is 5.01. The molecule has 0 radical (unpaired) electrons. The van der Waals surface area contributed by atoms with Crippen LogP contribution in [0, 0.1) is 6.92 Å². The molecule has 2 rings (SSSR count). The Hall–Kier alpha value is -1.89. The van der Waals surface area contributed by atoms with Gasteiger partial charge in [-0.2, -0.15) is 4.57 Å². The van der Waals surface area contributed by atoms with Gasteiger partial charge in [0.05, 0.1) is 0 Å². The number of aryl methyl sites for hydroxylation is 1. The molecule has 0 aliphatic carbocycles. The Balaban J connectivity index is 2.53. The fourth-order valence-corrected chi connectivity index (χ4v) is 1.56. The first-order chi connectivity index (χ1) is 7.31. The first-order valence-electron chi connectivity index (χ1n) is 5.01. The predicted octanol–water partition coefficient (Wildman–Crippen LogP) is 2.91. The van der Waals surface area contributed by atoms with E-state index in [-0.39, 0.29) is 0 Å². The Bertz CT molecular complexity index is 469. The molecule has 0 aliphatic rings. The Morgan fingerprint density at radius 2 is 1.80 bits per heavy atom. The first kappa shape index (κ1) is 9.66. The normalized spacial score (nSPS) is 9.93. The van der Waals surface area contributed by atoms with Gasteiger partial charge in [0.25, 0.3) is 0 Å². The molecule has 0 N–H and O–H groups in total. The summed E-state index contributed by atoms with van der Waals surface area (Å²) in [6.45, 7) is 5.90. The minimum atomic E-state index is 1.10. The molecule has 74 valence electrons. The Labute approximate surface area is 90.3 Å². The second-order valence-electron chi connectivity index (χ2n) is 3.54. The van der Waals surface area contributed by atoms with Crippen LogP contribution in [-0.2, 0) is 0 Å². The van der Waals surface area contributed by atoms with Gasteiger partial charge in [0.1, 0.15) is 0 Å². The van der Waals surface area contributed by atoms with Crippen LogP contribution in [0.5, 0.6) is 0 Å². The molecule has 1 heteroatoms. The van der Waals surface area contributed by atoms with Crippen LogP contribution in [0.15, 0.2) is 55.2 Å². The van der Waals surface area contributed by atoms with Crippen molar-refractivity contribution in [3.8, 4) is 5.69 Å². The summed E-state index contributed by atoms with van der Waals surface area (Å²) in [5.41, 5.74) is 3.54. The van der Waals surface area contributed by atoms with Gasteiger partial charge in [0.2, 0.25) is 11.4 Å². The van der Waals surface area contributed by atoms with Crippen molar-refractivity contribution >= 4 is 6.08 Å². The average molecular weight is 196 g/mol. The van der Waals surface area contributed by atoms with Crippen LogP contribution < -0.4 is 4.57 Å². The molecule has 0 saturated carbocycles. The van der Waals surface area contributed by atoms with Crippen molar-refractivity contribution in [2.24, 2.45) is 0 Å². The van der Waals surface area contributed by atoms with Crippen molar-refractivity contribution in [1.29, 1.82) is 0 Å². The van der Waals surface area contributed by atoms with E-state index < -0.39 is 0 Å². The van der Waals surface area contributed by atoms with Crippen LogP contribution >= 0.6 is 0 Å². The summed E-state index contributed by atoms with van der Waals surface area (Å²) in [5.74, 6) is 0. The third-order valence-corrected chi connectivity index (χ3v) is 2.41. The van der Waals surface area contributed by atoms with Gasteiger partial charge in [-0.25, -0.2) is 0 Å². The molecule has 0 unspecified atom stereocenters. The van der Waals surface area contributed by atoms with Gasteiger partial charge in [-0.05, 0) is 13.0 Å². The number of aromatic nitrogens is 1. The molecule has 0 atom stereocenters. The van der Waals surface area contributed by atoms with Crippen molar-refractivity contribution < 1.29 is 4.57 Å². The highest BCUT2D eigenvalue weighted by atomic mass is 15.0. The molecule has 0 saturated heterocycles. The zero-order valence-corrected chi connectivity index (χ0v) is 8.85. The lowest BCUT2D eigenvalue weighted by atomic mass is 10.2. The van der Waals surface area contributed by atoms with Gasteiger partial charge in [-0.15, -0.1) is 0 Å². The third kappa shape index (κ3) is 1.96. The van der Waals surface area contributed by atoms with Crippen LogP contribution in [-0.4, -0.2) is 0 Å². The minimum absolute atomic E-state index is 1.10. The van der Waals surface area contributed by atoms with Crippen molar-refractivity contribution in [3.63, 3.8) is 0 Å². The molecule has 0 bridgehead atoms. The van der Waals surface area contributed by atoms with Crippen molar-refractivity contribution in [2.45, 2.75) is 6.92 Å². The molecule has 0 fully saturated rings. The monoisotopic (exact) mass is 196 g/mol. The zero-order chi connectivity index (χ0) is 10.7. The van der Waals surface area contributed by atoms with E-state index in [0.717, 1.165) is 11.4 Å². The Kier molecular flexibility index (Phi) is 2.64. The molecular weight excluding hydrogens is 182 g/mol. The second-order valence-corrected chi connectivity index (χ2v) is 3.54. The van der Waals surface area contributed by atoms with Gasteiger partial charge in [-0.3, -0.25) is 0 Å². The van der Waals surface area contributed by atoms with E-state index in [9.17, 15) is 0 Å². The number of rotatable bonds is 2.